The van der Waals surface area contributed by atoms with Gasteiger partial charge in [0.2, 0.25) is 5.91 Å². The van der Waals surface area contributed by atoms with Crippen molar-refractivity contribution in [3.63, 3.8) is 0 Å². The number of β-lactam (4-membered cyclic amide) rings is 1. The fourth-order valence-corrected chi connectivity index (χ4v) is 3.81. The van der Waals surface area contributed by atoms with Crippen LogP contribution >= 0.6 is 23.5 Å². The van der Waals surface area contributed by atoms with Gasteiger partial charge in [0.05, 0.1) is 5.75 Å². The van der Waals surface area contributed by atoms with Gasteiger partial charge >= 0.3 is 11.5 Å². The Bertz CT molecular complexity index is 564. The molecule has 2 aliphatic heterocycles. The van der Waals surface area contributed by atoms with Crippen molar-refractivity contribution in [3.05, 3.63) is 11.3 Å². The quantitative estimate of drug-likeness (QED) is 0.731. The monoisotopic (exact) mass is 356 g/mol. The summed E-state index contributed by atoms with van der Waals surface area (Å²) >= 11 is 0.767. The summed E-state index contributed by atoms with van der Waals surface area (Å²) in [4.78, 5) is 35.6. The van der Waals surface area contributed by atoms with Gasteiger partial charge in [-0.25, -0.2) is 4.79 Å². The molecule has 0 aromatic rings. The highest BCUT2D eigenvalue weighted by Gasteiger charge is 2.53. The second-order valence-corrected chi connectivity index (χ2v) is 6.77. The third-order valence-corrected chi connectivity index (χ3v) is 5.20. The molecule has 0 aromatic carbocycles. The summed E-state index contributed by atoms with van der Waals surface area (Å²) in [5, 5.41) is 10.7. The molecule has 2 N–H and O–H groups in total. The van der Waals surface area contributed by atoms with Crippen LogP contribution in [0.25, 0.3) is 0 Å². The second kappa shape index (κ2) is 6.03. The van der Waals surface area contributed by atoms with Gasteiger partial charge in [-0.1, -0.05) is 0 Å². The SMILES string of the molecule is CC1=C(C(=O)O)N2C(=O)C(NC(=O)CSC(F)(F)F)C2SC1. The molecule has 1 saturated heterocycles. The van der Waals surface area contributed by atoms with E-state index in [1.807, 2.05) is 0 Å². The number of carboxylic acids is 1. The van der Waals surface area contributed by atoms with Crippen molar-refractivity contribution in [3.8, 4) is 0 Å². The van der Waals surface area contributed by atoms with Crippen LogP contribution < -0.4 is 5.32 Å². The van der Waals surface area contributed by atoms with E-state index in [4.69, 9.17) is 5.11 Å². The molecule has 11 heteroatoms. The molecule has 0 saturated carbocycles. The maximum atomic E-state index is 12.0. The van der Waals surface area contributed by atoms with E-state index in [2.05, 4.69) is 5.32 Å². The lowest BCUT2D eigenvalue weighted by atomic mass is 10.0. The molecule has 0 aliphatic carbocycles. The minimum atomic E-state index is -4.52. The highest BCUT2D eigenvalue weighted by atomic mass is 32.2. The average Bonchev–Trinajstić information content (AvgIpc) is 2.41. The van der Waals surface area contributed by atoms with E-state index in [0.717, 1.165) is 4.90 Å². The van der Waals surface area contributed by atoms with E-state index in [1.54, 1.807) is 6.92 Å². The standard InChI is InChI=1S/C11H11F3N2O4S2/c1-4-2-21-9-6(8(18)16(9)7(4)10(19)20)15-5(17)3-22-11(12,13)14/h6,9H,2-3H2,1H3,(H,15,17)(H,19,20). The Morgan fingerprint density at radius 3 is 2.68 bits per heavy atom. The number of rotatable bonds is 4. The summed E-state index contributed by atoms with van der Waals surface area (Å²) in [7, 11) is 0. The molecule has 2 aliphatic rings. The van der Waals surface area contributed by atoms with Crippen LogP contribution in [0.4, 0.5) is 13.2 Å². The van der Waals surface area contributed by atoms with E-state index >= 15 is 0 Å². The Balaban J connectivity index is 1.99. The predicted octanol–water partition coefficient (Wildman–Crippen LogP) is 0.998. The van der Waals surface area contributed by atoms with Crippen molar-refractivity contribution in [1.82, 2.24) is 10.2 Å². The molecule has 1 fully saturated rings. The first-order valence-corrected chi connectivity index (χ1v) is 8.03. The van der Waals surface area contributed by atoms with Gasteiger partial charge in [0, 0.05) is 5.75 Å². The fraction of sp³-hybridized carbons (Fsp3) is 0.545. The van der Waals surface area contributed by atoms with Crippen molar-refractivity contribution in [2.75, 3.05) is 11.5 Å². The van der Waals surface area contributed by atoms with Crippen LogP contribution in [-0.4, -0.2) is 56.2 Å². The summed E-state index contributed by atoms with van der Waals surface area (Å²) < 4.78 is 36.0. The summed E-state index contributed by atoms with van der Waals surface area (Å²) in [5.74, 6) is -3.25. The number of halogens is 3. The average molecular weight is 356 g/mol. The number of nitrogens with zero attached hydrogens (tertiary/aromatic N) is 1. The summed E-state index contributed by atoms with van der Waals surface area (Å²) in [6, 6.07) is -0.992. The number of carbonyl (C=O) groups is 3. The maximum Gasteiger partial charge on any atom is 0.442 e. The van der Waals surface area contributed by atoms with Crippen LogP contribution in [0.15, 0.2) is 11.3 Å². The lowest BCUT2D eigenvalue weighted by molar-refractivity contribution is -0.150. The highest BCUT2D eigenvalue weighted by Crippen LogP contribution is 2.40. The molecular weight excluding hydrogens is 345 g/mol. The smallest absolute Gasteiger partial charge is 0.442 e. The number of thioether (sulfide) groups is 2. The Morgan fingerprint density at radius 1 is 1.50 bits per heavy atom. The number of fused-ring (bicyclic) bond motifs is 1. The lowest BCUT2D eigenvalue weighted by Crippen LogP contribution is -2.70. The molecule has 22 heavy (non-hydrogen) atoms. The largest absolute Gasteiger partial charge is 0.477 e. The van der Waals surface area contributed by atoms with Crippen molar-refractivity contribution < 1.29 is 32.7 Å². The van der Waals surface area contributed by atoms with Gasteiger partial charge in [-0.15, -0.1) is 11.8 Å². The van der Waals surface area contributed by atoms with Crippen LogP contribution in [0.3, 0.4) is 0 Å². The van der Waals surface area contributed by atoms with E-state index in [-0.39, 0.29) is 5.70 Å². The van der Waals surface area contributed by atoms with Crippen LogP contribution in [0.5, 0.6) is 0 Å². The molecule has 2 amide bonds. The zero-order valence-corrected chi connectivity index (χ0v) is 12.8. The molecule has 122 valence electrons. The highest BCUT2D eigenvalue weighted by molar-refractivity contribution is 8.00. The number of alkyl halides is 3. The summed E-state index contributed by atoms with van der Waals surface area (Å²) in [6.07, 6.45) is 0. The van der Waals surface area contributed by atoms with Crippen molar-refractivity contribution in [2.24, 2.45) is 0 Å². The van der Waals surface area contributed by atoms with Crippen LogP contribution in [0.1, 0.15) is 6.92 Å². The molecular formula is C11H11F3N2O4S2. The molecule has 0 aromatic heterocycles. The second-order valence-electron chi connectivity index (χ2n) is 4.62. The van der Waals surface area contributed by atoms with E-state index in [1.165, 1.54) is 11.8 Å². The number of hydrogen-bond acceptors (Lipinski definition) is 5. The van der Waals surface area contributed by atoms with Gasteiger partial charge in [0.25, 0.3) is 5.91 Å². The normalized spacial score (nSPS) is 24.7. The third kappa shape index (κ3) is 3.35. The molecule has 2 atom stereocenters. The van der Waals surface area contributed by atoms with Gasteiger partial charge < -0.3 is 10.4 Å². The minimum absolute atomic E-state index is 0.121. The first-order valence-electron chi connectivity index (χ1n) is 5.99. The number of aliphatic carboxylic acids is 1. The zero-order valence-electron chi connectivity index (χ0n) is 11.1. The Morgan fingerprint density at radius 2 is 2.14 bits per heavy atom. The molecule has 0 radical (unpaired) electrons. The number of carbonyl (C=O) groups excluding carboxylic acids is 2. The van der Waals surface area contributed by atoms with Crippen LogP contribution in [0.2, 0.25) is 0 Å². The topological polar surface area (TPSA) is 86.7 Å². The molecule has 0 spiro atoms. The van der Waals surface area contributed by atoms with Crippen LogP contribution in [0, 0.1) is 0 Å². The minimum Gasteiger partial charge on any atom is -0.477 e. The van der Waals surface area contributed by atoms with Crippen molar-refractivity contribution >= 4 is 41.3 Å². The summed E-state index contributed by atoms with van der Waals surface area (Å²) in [6.45, 7) is 1.59. The molecule has 2 heterocycles. The maximum absolute atomic E-state index is 12.0. The van der Waals surface area contributed by atoms with Gasteiger partial charge in [-0.2, -0.15) is 13.2 Å². The molecule has 2 unspecified atom stereocenters. The third-order valence-electron chi connectivity index (χ3n) is 3.04. The number of hydrogen-bond donors (Lipinski definition) is 2. The van der Waals surface area contributed by atoms with Gasteiger partial charge in [-0.3, -0.25) is 14.5 Å². The number of carboxylic acid groups (broad SMARTS) is 1. The van der Waals surface area contributed by atoms with Crippen molar-refractivity contribution in [1.29, 1.82) is 0 Å². The van der Waals surface area contributed by atoms with E-state index in [0.29, 0.717) is 11.3 Å². The van der Waals surface area contributed by atoms with Crippen LogP contribution in [-0.2, 0) is 14.4 Å². The summed E-state index contributed by atoms with van der Waals surface area (Å²) in [5.41, 5.74) is -4.12. The molecule has 0 bridgehead atoms. The Kier molecular flexibility index (Phi) is 4.66. The van der Waals surface area contributed by atoms with Gasteiger partial charge in [-0.05, 0) is 24.3 Å². The fourth-order valence-electron chi connectivity index (χ4n) is 2.14. The Hall–Kier alpha value is -1.36. The number of nitrogens with one attached hydrogen (secondary N) is 1. The predicted molar refractivity (Wildman–Crippen MR) is 73.9 cm³/mol. The lowest BCUT2D eigenvalue weighted by Gasteiger charge is -2.49. The molecule has 2 rings (SSSR count). The first-order chi connectivity index (χ1) is 10.1. The van der Waals surface area contributed by atoms with Gasteiger partial charge in [0.15, 0.2) is 0 Å². The Labute approximate surface area is 131 Å². The zero-order chi connectivity index (χ0) is 16.7. The number of amides is 2. The molecule has 6 nitrogen and oxygen atoms in total. The van der Waals surface area contributed by atoms with Crippen molar-refractivity contribution in [2.45, 2.75) is 23.8 Å². The van der Waals surface area contributed by atoms with Gasteiger partial charge in [0.1, 0.15) is 17.1 Å². The van der Waals surface area contributed by atoms with E-state index in [9.17, 15) is 27.6 Å². The first kappa shape index (κ1) is 17.0. The van der Waals surface area contributed by atoms with E-state index < -0.39 is 52.2 Å².